The van der Waals surface area contributed by atoms with Crippen molar-refractivity contribution >= 4 is 11.7 Å². The average Bonchev–Trinajstić information content (AvgIpc) is 2.38. The number of nitrogens with two attached hydrogens (primary N) is 1. The lowest BCUT2D eigenvalue weighted by molar-refractivity contribution is 0.0698. The number of ether oxygens (including phenoxy) is 1. The van der Waals surface area contributed by atoms with E-state index in [1.807, 2.05) is 12.1 Å². The molecule has 0 unspecified atom stereocenters. The number of hydrogen-bond acceptors (Lipinski definition) is 3. The first-order valence-electron chi connectivity index (χ1n) is 5.39. The molecule has 0 heterocycles. The number of carbonyl (C=O) groups is 1. The first kappa shape index (κ1) is 12.0. The molecule has 0 aliphatic heterocycles. The van der Waals surface area contributed by atoms with Crippen molar-refractivity contribution in [2.45, 2.75) is 0 Å². The smallest absolute Gasteiger partial charge is 0.336 e. The number of hydrogen-bond donors (Lipinski definition) is 2. The van der Waals surface area contributed by atoms with Crippen LogP contribution < -0.4 is 10.5 Å². The summed E-state index contributed by atoms with van der Waals surface area (Å²) in [6.07, 6.45) is 0. The summed E-state index contributed by atoms with van der Waals surface area (Å²) in [4.78, 5) is 11.2. The highest BCUT2D eigenvalue weighted by atomic mass is 16.5. The van der Waals surface area contributed by atoms with E-state index in [0.29, 0.717) is 17.0 Å². The van der Waals surface area contributed by atoms with Crippen LogP contribution in [0.1, 0.15) is 10.4 Å². The topological polar surface area (TPSA) is 72.5 Å². The summed E-state index contributed by atoms with van der Waals surface area (Å²) in [5, 5.41) is 9.19. The number of benzene rings is 2. The average molecular weight is 243 g/mol. The molecule has 0 atom stereocenters. The molecule has 2 rings (SSSR count). The van der Waals surface area contributed by atoms with E-state index < -0.39 is 5.97 Å². The van der Waals surface area contributed by atoms with Gasteiger partial charge in [0, 0.05) is 5.69 Å². The van der Waals surface area contributed by atoms with Gasteiger partial charge in [0.15, 0.2) is 0 Å². The van der Waals surface area contributed by atoms with Gasteiger partial charge in [-0.1, -0.05) is 18.2 Å². The Morgan fingerprint density at radius 1 is 1.22 bits per heavy atom. The fourth-order valence-electron chi connectivity index (χ4n) is 1.78. The normalized spacial score (nSPS) is 10.1. The maximum atomic E-state index is 11.2. The van der Waals surface area contributed by atoms with Crippen molar-refractivity contribution in [2.24, 2.45) is 0 Å². The molecule has 0 aliphatic carbocycles. The predicted octanol–water partition coefficient (Wildman–Crippen LogP) is 2.64. The number of methoxy groups -OCH3 is 1. The first-order valence-corrected chi connectivity index (χ1v) is 5.39. The Morgan fingerprint density at radius 2 is 2.00 bits per heavy atom. The highest BCUT2D eigenvalue weighted by Crippen LogP contribution is 2.28. The van der Waals surface area contributed by atoms with Gasteiger partial charge in [-0.05, 0) is 35.4 Å². The van der Waals surface area contributed by atoms with Crippen molar-refractivity contribution in [3.8, 4) is 16.9 Å². The van der Waals surface area contributed by atoms with Crippen molar-refractivity contribution in [1.82, 2.24) is 0 Å². The third-order valence-electron chi connectivity index (χ3n) is 2.65. The van der Waals surface area contributed by atoms with E-state index in [-0.39, 0.29) is 5.56 Å². The van der Waals surface area contributed by atoms with E-state index in [4.69, 9.17) is 10.5 Å². The zero-order valence-corrected chi connectivity index (χ0v) is 9.88. The third-order valence-corrected chi connectivity index (χ3v) is 2.65. The lowest BCUT2D eigenvalue weighted by atomic mass is 9.99. The molecule has 0 radical (unpaired) electrons. The second-order valence-electron chi connectivity index (χ2n) is 3.84. The molecule has 0 amide bonds. The minimum Gasteiger partial charge on any atom is -0.497 e. The van der Waals surface area contributed by atoms with E-state index in [0.717, 1.165) is 5.56 Å². The number of rotatable bonds is 3. The Morgan fingerprint density at radius 3 is 2.67 bits per heavy atom. The summed E-state index contributed by atoms with van der Waals surface area (Å²) in [6.45, 7) is 0. The van der Waals surface area contributed by atoms with Crippen LogP contribution >= 0.6 is 0 Å². The Bertz CT molecular complexity index is 593. The first-order chi connectivity index (χ1) is 8.61. The fraction of sp³-hybridized carbons (Fsp3) is 0.0714. The maximum Gasteiger partial charge on any atom is 0.336 e. The van der Waals surface area contributed by atoms with Crippen LogP contribution in [0.2, 0.25) is 0 Å². The van der Waals surface area contributed by atoms with Crippen LogP contribution in [0.3, 0.4) is 0 Å². The van der Waals surface area contributed by atoms with E-state index in [2.05, 4.69) is 0 Å². The van der Waals surface area contributed by atoms with Crippen LogP contribution in [0.5, 0.6) is 5.75 Å². The SMILES string of the molecule is COc1cccc(-c2ccc(N)cc2C(=O)O)c1. The van der Waals surface area contributed by atoms with Crippen molar-refractivity contribution in [2.75, 3.05) is 12.8 Å². The van der Waals surface area contributed by atoms with E-state index >= 15 is 0 Å². The molecule has 4 heteroatoms. The molecule has 0 aromatic heterocycles. The van der Waals surface area contributed by atoms with Gasteiger partial charge < -0.3 is 15.6 Å². The molecule has 2 aromatic rings. The Labute approximate surface area is 105 Å². The quantitative estimate of drug-likeness (QED) is 0.813. The summed E-state index contributed by atoms with van der Waals surface area (Å²) in [5.41, 5.74) is 7.63. The van der Waals surface area contributed by atoms with Gasteiger partial charge in [-0.25, -0.2) is 4.79 Å². The van der Waals surface area contributed by atoms with Crippen LogP contribution in [-0.2, 0) is 0 Å². The highest BCUT2D eigenvalue weighted by Gasteiger charge is 2.12. The third kappa shape index (κ3) is 2.27. The van der Waals surface area contributed by atoms with Gasteiger partial charge in [0.2, 0.25) is 0 Å². The standard InChI is InChI=1S/C14H13NO3/c1-18-11-4-2-3-9(7-11)12-6-5-10(15)8-13(12)14(16)17/h2-8H,15H2,1H3,(H,16,17). The molecule has 0 bridgehead atoms. The van der Waals surface area contributed by atoms with E-state index in [1.165, 1.54) is 6.07 Å². The van der Waals surface area contributed by atoms with E-state index in [9.17, 15) is 9.90 Å². The second kappa shape index (κ2) is 4.79. The molecule has 0 spiro atoms. The summed E-state index contributed by atoms with van der Waals surface area (Å²) >= 11 is 0. The van der Waals surface area contributed by atoms with Gasteiger partial charge in [0.25, 0.3) is 0 Å². The van der Waals surface area contributed by atoms with Crippen LogP contribution in [0.4, 0.5) is 5.69 Å². The highest BCUT2D eigenvalue weighted by molar-refractivity contribution is 5.97. The molecular formula is C14H13NO3. The predicted molar refractivity (Wildman–Crippen MR) is 69.8 cm³/mol. The van der Waals surface area contributed by atoms with Crippen LogP contribution in [0, 0.1) is 0 Å². The number of carboxylic acids is 1. The molecule has 4 nitrogen and oxygen atoms in total. The lowest BCUT2D eigenvalue weighted by Crippen LogP contribution is -2.01. The van der Waals surface area contributed by atoms with E-state index in [1.54, 1.807) is 31.4 Å². The van der Waals surface area contributed by atoms with Crippen molar-refractivity contribution < 1.29 is 14.6 Å². The van der Waals surface area contributed by atoms with Gasteiger partial charge in [-0.15, -0.1) is 0 Å². The largest absolute Gasteiger partial charge is 0.497 e. The summed E-state index contributed by atoms with van der Waals surface area (Å²) in [5.74, 6) is -0.319. The molecule has 3 N–H and O–H groups in total. The Hall–Kier alpha value is -2.49. The molecule has 0 saturated carbocycles. The second-order valence-corrected chi connectivity index (χ2v) is 3.84. The van der Waals surface area contributed by atoms with Crippen molar-refractivity contribution in [3.05, 3.63) is 48.0 Å². The zero-order chi connectivity index (χ0) is 13.1. The lowest BCUT2D eigenvalue weighted by Gasteiger charge is -2.08. The fourth-order valence-corrected chi connectivity index (χ4v) is 1.78. The van der Waals surface area contributed by atoms with Crippen molar-refractivity contribution in [1.29, 1.82) is 0 Å². The molecule has 2 aromatic carbocycles. The summed E-state index contributed by atoms with van der Waals surface area (Å²) < 4.78 is 5.13. The van der Waals surface area contributed by atoms with Gasteiger partial charge in [-0.2, -0.15) is 0 Å². The molecule has 0 aliphatic rings. The molecular weight excluding hydrogens is 230 g/mol. The minimum atomic E-state index is -1.000. The van der Waals surface area contributed by atoms with Gasteiger partial charge in [0.05, 0.1) is 12.7 Å². The molecule has 0 fully saturated rings. The maximum absolute atomic E-state index is 11.2. The van der Waals surface area contributed by atoms with Crippen molar-refractivity contribution in [3.63, 3.8) is 0 Å². The monoisotopic (exact) mass is 243 g/mol. The molecule has 0 saturated heterocycles. The Balaban J connectivity index is 2.59. The van der Waals surface area contributed by atoms with Crippen LogP contribution in [0.25, 0.3) is 11.1 Å². The number of carboxylic acid groups (broad SMARTS) is 1. The van der Waals surface area contributed by atoms with Gasteiger partial charge in [0.1, 0.15) is 5.75 Å². The van der Waals surface area contributed by atoms with Gasteiger partial charge >= 0.3 is 5.97 Å². The number of nitrogen functional groups attached to an aromatic ring is 1. The number of aromatic carboxylic acids is 1. The number of anilines is 1. The minimum absolute atomic E-state index is 0.184. The molecule has 18 heavy (non-hydrogen) atoms. The van der Waals surface area contributed by atoms with Crippen LogP contribution in [0.15, 0.2) is 42.5 Å². The summed E-state index contributed by atoms with van der Waals surface area (Å²) in [7, 11) is 1.57. The van der Waals surface area contributed by atoms with Gasteiger partial charge in [-0.3, -0.25) is 0 Å². The molecule has 92 valence electrons. The van der Waals surface area contributed by atoms with Crippen LogP contribution in [-0.4, -0.2) is 18.2 Å². The summed E-state index contributed by atoms with van der Waals surface area (Å²) in [6, 6.07) is 12.1. The zero-order valence-electron chi connectivity index (χ0n) is 9.88. The Kier molecular flexibility index (Phi) is 3.19.